The molecule has 2 heterocycles. The normalized spacial score (nSPS) is 31.1. The largest absolute Gasteiger partial charge is 0.389 e. The number of piperidine rings is 1. The summed E-state index contributed by atoms with van der Waals surface area (Å²) in [5, 5.41) is 10.6. The Morgan fingerprint density at radius 2 is 2.06 bits per heavy atom. The van der Waals surface area contributed by atoms with Crippen LogP contribution in [0.25, 0.3) is 0 Å². The molecule has 2 saturated heterocycles. The lowest BCUT2D eigenvalue weighted by Gasteiger charge is -2.41. The van der Waals surface area contributed by atoms with Gasteiger partial charge in [-0.15, -0.1) is 0 Å². The molecule has 0 amide bonds. The van der Waals surface area contributed by atoms with Crippen LogP contribution in [0.15, 0.2) is 0 Å². The minimum absolute atomic E-state index is 0.383. The van der Waals surface area contributed by atoms with Crippen molar-refractivity contribution in [3.05, 3.63) is 0 Å². The van der Waals surface area contributed by atoms with Gasteiger partial charge in [0.2, 0.25) is 0 Å². The Labute approximate surface area is 98.8 Å². The van der Waals surface area contributed by atoms with E-state index in [-0.39, 0.29) is 0 Å². The fourth-order valence-corrected chi connectivity index (χ4v) is 3.01. The molecule has 1 atom stereocenters. The third-order valence-electron chi connectivity index (χ3n) is 4.03. The quantitative estimate of drug-likeness (QED) is 0.793. The van der Waals surface area contributed by atoms with Crippen LogP contribution in [0.2, 0.25) is 0 Å². The SMILES string of the molecule is CC(C)CN1CCC(O)(C2CCOC2)CC1. The first-order valence-electron chi connectivity index (χ1n) is 6.62. The maximum atomic E-state index is 10.6. The smallest absolute Gasteiger partial charge is 0.0723 e. The molecule has 3 nitrogen and oxygen atoms in total. The zero-order valence-corrected chi connectivity index (χ0v) is 10.6. The van der Waals surface area contributed by atoms with Gasteiger partial charge in [0.05, 0.1) is 12.2 Å². The molecule has 3 heteroatoms. The van der Waals surface area contributed by atoms with E-state index in [1.807, 2.05) is 0 Å². The van der Waals surface area contributed by atoms with E-state index < -0.39 is 5.60 Å². The van der Waals surface area contributed by atoms with Gasteiger partial charge < -0.3 is 14.7 Å². The highest BCUT2D eigenvalue weighted by atomic mass is 16.5. The highest BCUT2D eigenvalue weighted by Gasteiger charge is 2.41. The summed E-state index contributed by atoms with van der Waals surface area (Å²) >= 11 is 0. The van der Waals surface area contributed by atoms with Crippen molar-refractivity contribution in [3.8, 4) is 0 Å². The summed E-state index contributed by atoms with van der Waals surface area (Å²) < 4.78 is 5.39. The Hall–Kier alpha value is -0.120. The molecular formula is C13H25NO2. The van der Waals surface area contributed by atoms with Crippen LogP contribution in [0, 0.1) is 11.8 Å². The van der Waals surface area contributed by atoms with E-state index in [4.69, 9.17) is 4.74 Å². The molecule has 2 rings (SSSR count). The molecule has 2 aliphatic rings. The van der Waals surface area contributed by atoms with Crippen molar-refractivity contribution in [1.29, 1.82) is 0 Å². The highest BCUT2D eigenvalue weighted by Crippen LogP contribution is 2.34. The zero-order chi connectivity index (χ0) is 11.6. The molecule has 1 N–H and O–H groups in total. The number of likely N-dealkylation sites (tertiary alicyclic amines) is 1. The van der Waals surface area contributed by atoms with E-state index in [0.29, 0.717) is 5.92 Å². The average Bonchev–Trinajstić information content (AvgIpc) is 2.75. The molecule has 16 heavy (non-hydrogen) atoms. The third-order valence-corrected chi connectivity index (χ3v) is 4.03. The van der Waals surface area contributed by atoms with Crippen LogP contribution in [0.1, 0.15) is 33.1 Å². The van der Waals surface area contributed by atoms with Gasteiger partial charge in [-0.3, -0.25) is 0 Å². The summed E-state index contributed by atoms with van der Waals surface area (Å²) in [6, 6.07) is 0. The van der Waals surface area contributed by atoms with Gasteiger partial charge in [0.1, 0.15) is 0 Å². The maximum absolute atomic E-state index is 10.6. The second kappa shape index (κ2) is 5.03. The molecule has 0 aromatic heterocycles. The molecule has 0 aromatic carbocycles. The number of hydrogen-bond acceptors (Lipinski definition) is 3. The highest BCUT2D eigenvalue weighted by molar-refractivity contribution is 4.93. The Morgan fingerprint density at radius 1 is 1.38 bits per heavy atom. The number of ether oxygens (including phenoxy) is 1. The second-order valence-electron chi connectivity index (χ2n) is 5.86. The fraction of sp³-hybridized carbons (Fsp3) is 1.00. The summed E-state index contributed by atoms with van der Waals surface area (Å²) in [6.45, 7) is 9.37. The number of rotatable bonds is 3. The van der Waals surface area contributed by atoms with Crippen LogP contribution >= 0.6 is 0 Å². The van der Waals surface area contributed by atoms with Crippen molar-refractivity contribution >= 4 is 0 Å². The minimum atomic E-state index is -0.440. The van der Waals surface area contributed by atoms with Gasteiger partial charge in [0.15, 0.2) is 0 Å². The lowest BCUT2D eigenvalue weighted by atomic mass is 9.79. The standard InChI is InChI=1S/C13H25NO2/c1-11(2)9-14-6-4-13(15,5-7-14)12-3-8-16-10-12/h11-12,15H,3-10H2,1-2H3. The summed E-state index contributed by atoms with van der Waals surface area (Å²) in [5.74, 6) is 1.11. The number of hydrogen-bond donors (Lipinski definition) is 1. The van der Waals surface area contributed by atoms with E-state index in [9.17, 15) is 5.11 Å². The summed E-state index contributed by atoms with van der Waals surface area (Å²) in [6.07, 6.45) is 2.89. The monoisotopic (exact) mass is 227 g/mol. The van der Waals surface area contributed by atoms with Crippen molar-refractivity contribution in [3.63, 3.8) is 0 Å². The van der Waals surface area contributed by atoms with E-state index in [1.54, 1.807) is 0 Å². The van der Waals surface area contributed by atoms with E-state index in [0.717, 1.165) is 58.0 Å². The van der Waals surface area contributed by atoms with E-state index >= 15 is 0 Å². The van der Waals surface area contributed by atoms with Gasteiger partial charge in [-0.05, 0) is 25.2 Å². The first-order valence-corrected chi connectivity index (χ1v) is 6.62. The lowest BCUT2D eigenvalue weighted by molar-refractivity contribution is -0.0693. The van der Waals surface area contributed by atoms with Crippen LogP contribution < -0.4 is 0 Å². The van der Waals surface area contributed by atoms with Crippen LogP contribution in [0.5, 0.6) is 0 Å². The Morgan fingerprint density at radius 3 is 2.56 bits per heavy atom. The van der Waals surface area contributed by atoms with Gasteiger partial charge in [-0.1, -0.05) is 13.8 Å². The van der Waals surface area contributed by atoms with Crippen LogP contribution in [-0.4, -0.2) is 48.5 Å². The van der Waals surface area contributed by atoms with E-state index in [1.165, 1.54) is 0 Å². The fourth-order valence-electron chi connectivity index (χ4n) is 3.01. The summed E-state index contributed by atoms with van der Waals surface area (Å²) in [4.78, 5) is 2.48. The summed E-state index contributed by atoms with van der Waals surface area (Å²) in [7, 11) is 0. The van der Waals surface area contributed by atoms with Crippen molar-refractivity contribution < 1.29 is 9.84 Å². The van der Waals surface area contributed by atoms with Gasteiger partial charge in [0.25, 0.3) is 0 Å². The Bertz CT molecular complexity index is 216. The molecule has 0 saturated carbocycles. The number of nitrogens with zero attached hydrogens (tertiary/aromatic N) is 1. The first-order chi connectivity index (χ1) is 7.60. The Balaban J connectivity index is 1.83. The van der Waals surface area contributed by atoms with Gasteiger partial charge in [-0.2, -0.15) is 0 Å². The van der Waals surface area contributed by atoms with Gasteiger partial charge in [0, 0.05) is 32.2 Å². The molecule has 0 bridgehead atoms. The zero-order valence-electron chi connectivity index (χ0n) is 10.6. The molecular weight excluding hydrogens is 202 g/mol. The number of aliphatic hydroxyl groups is 1. The topological polar surface area (TPSA) is 32.7 Å². The predicted octanol–water partition coefficient (Wildman–Crippen LogP) is 1.51. The second-order valence-corrected chi connectivity index (χ2v) is 5.86. The van der Waals surface area contributed by atoms with E-state index in [2.05, 4.69) is 18.7 Å². The molecule has 2 aliphatic heterocycles. The molecule has 2 fully saturated rings. The Kier molecular flexibility index (Phi) is 3.88. The van der Waals surface area contributed by atoms with Crippen molar-refractivity contribution in [2.75, 3.05) is 32.8 Å². The molecule has 0 aliphatic carbocycles. The lowest BCUT2D eigenvalue weighted by Crippen LogP contribution is -2.49. The first kappa shape index (κ1) is 12.3. The predicted molar refractivity (Wildman–Crippen MR) is 64.4 cm³/mol. The van der Waals surface area contributed by atoms with Gasteiger partial charge in [-0.25, -0.2) is 0 Å². The molecule has 1 unspecified atom stereocenters. The van der Waals surface area contributed by atoms with Gasteiger partial charge >= 0.3 is 0 Å². The van der Waals surface area contributed by atoms with Crippen LogP contribution in [-0.2, 0) is 4.74 Å². The maximum Gasteiger partial charge on any atom is 0.0723 e. The molecule has 0 aromatic rings. The van der Waals surface area contributed by atoms with Crippen molar-refractivity contribution in [2.45, 2.75) is 38.7 Å². The van der Waals surface area contributed by atoms with Crippen LogP contribution in [0.4, 0.5) is 0 Å². The molecule has 0 radical (unpaired) electrons. The third kappa shape index (κ3) is 2.76. The average molecular weight is 227 g/mol. The van der Waals surface area contributed by atoms with Crippen molar-refractivity contribution in [1.82, 2.24) is 4.90 Å². The molecule has 94 valence electrons. The van der Waals surface area contributed by atoms with Crippen LogP contribution in [0.3, 0.4) is 0 Å². The molecule has 0 spiro atoms. The van der Waals surface area contributed by atoms with Crippen molar-refractivity contribution in [2.24, 2.45) is 11.8 Å². The summed E-state index contributed by atoms with van der Waals surface area (Å²) in [5.41, 5.74) is -0.440. The minimum Gasteiger partial charge on any atom is -0.389 e.